The first-order valence-electron chi connectivity index (χ1n) is 4.35. The van der Waals surface area contributed by atoms with Crippen molar-refractivity contribution in [3.63, 3.8) is 0 Å². The Bertz CT molecular complexity index is 367. The zero-order valence-electron chi connectivity index (χ0n) is 8.00. The first-order chi connectivity index (χ1) is 7.50. The maximum Gasteiger partial charge on any atom is 0.206 e. The Labute approximate surface area is 87.8 Å². The lowest BCUT2D eigenvalue weighted by Crippen LogP contribution is -2.10. The van der Waals surface area contributed by atoms with E-state index in [4.69, 9.17) is 5.73 Å². The molecule has 0 amide bonds. The summed E-state index contributed by atoms with van der Waals surface area (Å²) in [6, 6.07) is 0. The van der Waals surface area contributed by atoms with E-state index in [1.807, 2.05) is 0 Å². The minimum atomic E-state index is -2.21. The zero-order chi connectivity index (χ0) is 12.3. The normalized spacial score (nSPS) is 10.6. The molecule has 16 heavy (non-hydrogen) atoms. The van der Waals surface area contributed by atoms with Crippen LogP contribution in [0.15, 0.2) is 0 Å². The van der Waals surface area contributed by atoms with Crippen LogP contribution in [0.5, 0.6) is 5.75 Å². The van der Waals surface area contributed by atoms with E-state index >= 15 is 0 Å². The lowest BCUT2D eigenvalue weighted by Gasteiger charge is -2.09. The Morgan fingerprint density at radius 3 is 1.69 bits per heavy atom. The maximum absolute atomic E-state index is 13.0. The van der Waals surface area contributed by atoms with Gasteiger partial charge in [-0.3, -0.25) is 0 Å². The van der Waals surface area contributed by atoms with Gasteiger partial charge in [-0.05, 0) is 13.0 Å². The average Bonchev–Trinajstić information content (AvgIpc) is 2.28. The molecular formula is C9H8F5NO. The van der Waals surface area contributed by atoms with E-state index in [-0.39, 0.29) is 19.6 Å². The van der Waals surface area contributed by atoms with Crippen molar-refractivity contribution in [3.05, 3.63) is 29.1 Å². The summed E-state index contributed by atoms with van der Waals surface area (Å²) < 4.78 is 68.2. The number of ether oxygens (including phenoxy) is 1. The summed E-state index contributed by atoms with van der Waals surface area (Å²) in [6.45, 7) is -0.0513. The Kier molecular flexibility index (Phi) is 4.05. The molecule has 0 bridgehead atoms. The van der Waals surface area contributed by atoms with E-state index in [1.165, 1.54) is 0 Å². The molecule has 0 saturated heterocycles. The summed E-state index contributed by atoms with van der Waals surface area (Å²) >= 11 is 0. The fraction of sp³-hybridized carbons (Fsp3) is 0.333. The largest absolute Gasteiger partial charge is 0.487 e. The average molecular weight is 241 g/mol. The third-order valence-electron chi connectivity index (χ3n) is 1.76. The van der Waals surface area contributed by atoms with Gasteiger partial charge in [-0.1, -0.05) is 0 Å². The summed E-state index contributed by atoms with van der Waals surface area (Å²) in [7, 11) is 0. The van der Waals surface area contributed by atoms with Gasteiger partial charge in [0.25, 0.3) is 0 Å². The van der Waals surface area contributed by atoms with Gasteiger partial charge in [0.15, 0.2) is 5.75 Å². The number of nitrogens with two attached hydrogens (primary N) is 1. The molecule has 2 nitrogen and oxygen atoms in total. The topological polar surface area (TPSA) is 35.2 Å². The number of hydrogen-bond donors (Lipinski definition) is 1. The molecule has 0 saturated carbocycles. The van der Waals surface area contributed by atoms with Gasteiger partial charge in [-0.2, -0.15) is 8.78 Å². The van der Waals surface area contributed by atoms with Crippen LogP contribution in [0.25, 0.3) is 0 Å². The predicted octanol–water partition coefficient (Wildman–Crippen LogP) is 2.11. The Morgan fingerprint density at radius 1 is 0.812 bits per heavy atom. The van der Waals surface area contributed by atoms with Gasteiger partial charge in [0, 0.05) is 0 Å². The van der Waals surface area contributed by atoms with E-state index in [0.717, 1.165) is 0 Å². The molecule has 7 heteroatoms. The van der Waals surface area contributed by atoms with Crippen molar-refractivity contribution in [3.8, 4) is 5.75 Å². The summed E-state index contributed by atoms with van der Waals surface area (Å²) in [4.78, 5) is 0. The Balaban J connectivity index is 3.08. The highest BCUT2D eigenvalue weighted by Gasteiger charge is 2.26. The maximum atomic E-state index is 13.0. The molecule has 2 N–H and O–H groups in total. The standard InChI is InChI=1S/C9H8F5NO/c10-4-5(11)7(13)9(8(14)6(4)12)16-3-1-2-15/h1-3,15H2. The molecular weight excluding hydrogens is 233 g/mol. The SMILES string of the molecule is NCCCOc1c(F)c(F)c(F)c(F)c1F. The number of hydrogen-bond acceptors (Lipinski definition) is 2. The van der Waals surface area contributed by atoms with E-state index in [0.29, 0.717) is 0 Å². The van der Waals surface area contributed by atoms with Gasteiger partial charge in [0.05, 0.1) is 6.61 Å². The second kappa shape index (κ2) is 5.11. The molecule has 0 atom stereocenters. The lowest BCUT2D eigenvalue weighted by atomic mass is 10.2. The fourth-order valence-corrected chi connectivity index (χ4v) is 0.969. The molecule has 0 heterocycles. The van der Waals surface area contributed by atoms with Crippen molar-refractivity contribution in [2.45, 2.75) is 6.42 Å². The van der Waals surface area contributed by atoms with E-state index in [1.54, 1.807) is 0 Å². The molecule has 1 rings (SSSR count). The van der Waals surface area contributed by atoms with Gasteiger partial charge in [0.1, 0.15) is 0 Å². The summed E-state index contributed by atoms with van der Waals surface area (Å²) in [5.74, 6) is -11.5. The highest BCUT2D eigenvalue weighted by atomic mass is 19.2. The quantitative estimate of drug-likeness (QED) is 0.379. The van der Waals surface area contributed by atoms with E-state index < -0.39 is 34.8 Å². The van der Waals surface area contributed by atoms with Crippen LogP contribution in [-0.2, 0) is 0 Å². The molecule has 1 aromatic carbocycles. The number of halogens is 5. The lowest BCUT2D eigenvalue weighted by molar-refractivity contribution is 0.260. The fourth-order valence-electron chi connectivity index (χ4n) is 0.969. The van der Waals surface area contributed by atoms with Gasteiger partial charge in [-0.15, -0.1) is 0 Å². The minimum absolute atomic E-state index is 0.176. The van der Waals surface area contributed by atoms with Crippen LogP contribution in [0.1, 0.15) is 6.42 Å². The zero-order valence-corrected chi connectivity index (χ0v) is 8.00. The summed E-state index contributed by atoms with van der Waals surface area (Å²) in [5.41, 5.74) is 5.08. The van der Waals surface area contributed by atoms with E-state index in [2.05, 4.69) is 4.74 Å². The van der Waals surface area contributed by atoms with Crippen molar-refractivity contribution >= 4 is 0 Å². The van der Waals surface area contributed by atoms with Crippen LogP contribution in [0.4, 0.5) is 22.0 Å². The summed E-state index contributed by atoms with van der Waals surface area (Å²) in [5, 5.41) is 0. The molecule has 0 aliphatic rings. The van der Waals surface area contributed by atoms with Crippen LogP contribution in [0.2, 0.25) is 0 Å². The molecule has 0 spiro atoms. The van der Waals surface area contributed by atoms with Crippen LogP contribution >= 0.6 is 0 Å². The molecule has 0 aliphatic carbocycles. The molecule has 1 aromatic rings. The molecule has 0 aromatic heterocycles. The monoisotopic (exact) mass is 241 g/mol. The minimum Gasteiger partial charge on any atom is -0.487 e. The highest BCUT2D eigenvalue weighted by molar-refractivity contribution is 5.29. The first kappa shape index (κ1) is 12.7. The Hall–Kier alpha value is -1.37. The van der Waals surface area contributed by atoms with E-state index in [9.17, 15) is 22.0 Å². The molecule has 90 valence electrons. The second-order valence-corrected chi connectivity index (χ2v) is 2.89. The van der Waals surface area contributed by atoms with Crippen LogP contribution in [-0.4, -0.2) is 13.2 Å². The van der Waals surface area contributed by atoms with Crippen molar-refractivity contribution in [2.75, 3.05) is 13.2 Å². The van der Waals surface area contributed by atoms with Gasteiger partial charge in [0.2, 0.25) is 29.1 Å². The van der Waals surface area contributed by atoms with Gasteiger partial charge in [-0.25, -0.2) is 13.2 Å². The van der Waals surface area contributed by atoms with Crippen molar-refractivity contribution in [1.29, 1.82) is 0 Å². The van der Waals surface area contributed by atoms with Crippen LogP contribution < -0.4 is 10.5 Å². The van der Waals surface area contributed by atoms with Gasteiger partial charge >= 0.3 is 0 Å². The molecule has 0 fully saturated rings. The number of benzene rings is 1. The molecule has 0 aliphatic heterocycles. The molecule has 0 radical (unpaired) electrons. The predicted molar refractivity (Wildman–Crippen MR) is 45.4 cm³/mol. The van der Waals surface area contributed by atoms with Crippen LogP contribution in [0, 0.1) is 29.1 Å². The van der Waals surface area contributed by atoms with Crippen LogP contribution in [0.3, 0.4) is 0 Å². The van der Waals surface area contributed by atoms with Crippen molar-refractivity contribution < 1.29 is 26.7 Å². The summed E-state index contributed by atoms with van der Waals surface area (Å²) in [6.07, 6.45) is 0.236. The third-order valence-corrected chi connectivity index (χ3v) is 1.76. The smallest absolute Gasteiger partial charge is 0.206 e. The van der Waals surface area contributed by atoms with Crippen molar-refractivity contribution in [1.82, 2.24) is 0 Å². The molecule has 0 unspecified atom stereocenters. The number of rotatable bonds is 4. The third kappa shape index (κ3) is 2.24. The first-order valence-corrected chi connectivity index (χ1v) is 4.35. The van der Waals surface area contributed by atoms with Crippen molar-refractivity contribution in [2.24, 2.45) is 5.73 Å². The second-order valence-electron chi connectivity index (χ2n) is 2.89. The van der Waals surface area contributed by atoms with Gasteiger partial charge < -0.3 is 10.5 Å². The Morgan fingerprint density at radius 2 is 1.25 bits per heavy atom. The highest BCUT2D eigenvalue weighted by Crippen LogP contribution is 2.28.